The van der Waals surface area contributed by atoms with Gasteiger partial charge in [0.1, 0.15) is 17.1 Å². The van der Waals surface area contributed by atoms with E-state index in [1.54, 1.807) is 47.1 Å². The fraction of sp³-hybridized carbons (Fsp3) is 0.273. The molecule has 1 aliphatic rings. The van der Waals surface area contributed by atoms with Crippen molar-refractivity contribution in [3.05, 3.63) is 54.0 Å². The standard InChI is InChI=1S/C22H20F2N6O3/c1-29-19-15(10-27-29)14-8-12(2-4-16(14)28-20(19)25)21(31)30-6-7-32-11-18(30)17-5-3-13(9-26-17)33-22(23)24/h2-5,8-10,18,22H,6-7,11H2,1H3,(H2,25,28)/t18-/m1/s1. The quantitative estimate of drug-likeness (QED) is 0.505. The Hall–Kier alpha value is -3.86. The zero-order valence-electron chi connectivity index (χ0n) is 17.6. The van der Waals surface area contributed by atoms with Gasteiger partial charge >= 0.3 is 6.61 Å². The van der Waals surface area contributed by atoms with Gasteiger partial charge in [0.05, 0.1) is 42.9 Å². The molecule has 1 atom stereocenters. The summed E-state index contributed by atoms with van der Waals surface area (Å²) in [6.07, 6.45) is 2.92. The van der Waals surface area contributed by atoms with E-state index in [1.807, 2.05) is 0 Å². The number of rotatable bonds is 4. The topological polar surface area (TPSA) is 108 Å². The third-order valence-corrected chi connectivity index (χ3v) is 5.67. The molecular weight excluding hydrogens is 434 g/mol. The lowest BCUT2D eigenvalue weighted by Crippen LogP contribution is -2.43. The number of alkyl halides is 2. The summed E-state index contributed by atoms with van der Waals surface area (Å²) in [4.78, 5) is 23.8. The van der Waals surface area contributed by atoms with Crippen LogP contribution in [0, 0.1) is 0 Å². The van der Waals surface area contributed by atoms with Crippen LogP contribution in [0.1, 0.15) is 22.1 Å². The second kappa shape index (κ2) is 8.24. The SMILES string of the molecule is Cn1ncc2c3cc(C(=O)N4CCOC[C@@H]4c4ccc(OC(F)F)cn4)ccc3nc(N)c21. The number of amides is 1. The van der Waals surface area contributed by atoms with Crippen molar-refractivity contribution in [2.45, 2.75) is 12.7 Å². The van der Waals surface area contributed by atoms with Crippen LogP contribution in [-0.4, -0.2) is 56.9 Å². The maximum Gasteiger partial charge on any atom is 0.387 e. The number of hydrogen-bond acceptors (Lipinski definition) is 7. The van der Waals surface area contributed by atoms with E-state index in [9.17, 15) is 13.6 Å². The number of nitrogens with two attached hydrogens (primary N) is 1. The predicted octanol–water partition coefficient (Wildman–Crippen LogP) is 2.91. The number of nitrogen functional groups attached to an aromatic ring is 1. The van der Waals surface area contributed by atoms with E-state index in [2.05, 4.69) is 19.8 Å². The summed E-state index contributed by atoms with van der Waals surface area (Å²) < 4.78 is 36.4. The molecule has 1 saturated heterocycles. The molecule has 9 nitrogen and oxygen atoms in total. The smallest absolute Gasteiger partial charge is 0.387 e. The minimum atomic E-state index is -2.93. The molecule has 1 amide bonds. The normalized spacial score (nSPS) is 16.6. The average Bonchev–Trinajstić information content (AvgIpc) is 3.21. The van der Waals surface area contributed by atoms with Crippen LogP contribution in [0.15, 0.2) is 42.7 Å². The van der Waals surface area contributed by atoms with Crippen molar-refractivity contribution in [1.29, 1.82) is 0 Å². The number of pyridine rings is 2. The Labute approximate surface area is 186 Å². The molecule has 1 fully saturated rings. The van der Waals surface area contributed by atoms with Crippen LogP contribution in [0.3, 0.4) is 0 Å². The summed E-state index contributed by atoms with van der Waals surface area (Å²) in [7, 11) is 1.78. The number of morpholine rings is 1. The Kier molecular flexibility index (Phi) is 5.25. The van der Waals surface area contributed by atoms with Crippen molar-refractivity contribution in [2.75, 3.05) is 25.5 Å². The molecule has 1 aliphatic heterocycles. The maximum absolute atomic E-state index is 13.5. The Morgan fingerprint density at radius 1 is 1.24 bits per heavy atom. The first-order valence-corrected chi connectivity index (χ1v) is 10.2. The lowest BCUT2D eigenvalue weighted by atomic mass is 10.0. The van der Waals surface area contributed by atoms with Crippen LogP contribution in [0.5, 0.6) is 5.75 Å². The van der Waals surface area contributed by atoms with Gasteiger partial charge in [0.15, 0.2) is 0 Å². The second-order valence-electron chi connectivity index (χ2n) is 7.65. The Bertz CT molecular complexity index is 1340. The van der Waals surface area contributed by atoms with Crippen LogP contribution in [0.2, 0.25) is 0 Å². The molecule has 170 valence electrons. The van der Waals surface area contributed by atoms with Crippen molar-refractivity contribution in [3.63, 3.8) is 0 Å². The molecule has 5 rings (SSSR count). The number of nitrogens with zero attached hydrogens (tertiary/aromatic N) is 5. The number of aryl methyl sites for hydroxylation is 1. The lowest BCUT2D eigenvalue weighted by Gasteiger charge is -2.35. The lowest BCUT2D eigenvalue weighted by molar-refractivity contribution is -0.0501. The van der Waals surface area contributed by atoms with Gasteiger partial charge in [-0.1, -0.05) is 0 Å². The minimum absolute atomic E-state index is 0.0508. The molecule has 1 aromatic carbocycles. The molecule has 4 aromatic rings. The number of aromatic nitrogens is 4. The molecule has 11 heteroatoms. The number of ether oxygens (including phenoxy) is 2. The van der Waals surface area contributed by atoms with Gasteiger partial charge in [-0.3, -0.25) is 14.5 Å². The molecule has 0 bridgehead atoms. The Morgan fingerprint density at radius 3 is 2.85 bits per heavy atom. The molecule has 4 heterocycles. The highest BCUT2D eigenvalue weighted by atomic mass is 19.3. The summed E-state index contributed by atoms with van der Waals surface area (Å²) >= 11 is 0. The number of hydrogen-bond donors (Lipinski definition) is 1. The number of halogens is 2. The van der Waals surface area contributed by atoms with Crippen LogP contribution in [-0.2, 0) is 11.8 Å². The van der Waals surface area contributed by atoms with E-state index in [0.29, 0.717) is 41.3 Å². The van der Waals surface area contributed by atoms with E-state index < -0.39 is 12.7 Å². The number of fused-ring (bicyclic) bond motifs is 3. The zero-order chi connectivity index (χ0) is 23.1. The second-order valence-corrected chi connectivity index (χ2v) is 7.65. The first-order chi connectivity index (χ1) is 15.9. The molecule has 33 heavy (non-hydrogen) atoms. The van der Waals surface area contributed by atoms with Crippen molar-refractivity contribution in [3.8, 4) is 5.75 Å². The first-order valence-electron chi connectivity index (χ1n) is 10.2. The van der Waals surface area contributed by atoms with Crippen LogP contribution < -0.4 is 10.5 Å². The molecule has 0 unspecified atom stereocenters. The number of carbonyl (C=O) groups is 1. The van der Waals surface area contributed by atoms with Crippen LogP contribution in [0.25, 0.3) is 21.8 Å². The average molecular weight is 454 g/mol. The van der Waals surface area contributed by atoms with Crippen LogP contribution in [0.4, 0.5) is 14.6 Å². The molecule has 0 spiro atoms. The third kappa shape index (κ3) is 3.80. The molecule has 0 aliphatic carbocycles. The molecule has 0 saturated carbocycles. The van der Waals surface area contributed by atoms with Gasteiger partial charge in [-0.05, 0) is 30.3 Å². The van der Waals surface area contributed by atoms with Gasteiger partial charge in [0.25, 0.3) is 5.91 Å². The largest absolute Gasteiger partial charge is 0.433 e. The first kappa shape index (κ1) is 21.0. The Morgan fingerprint density at radius 2 is 2.09 bits per heavy atom. The summed E-state index contributed by atoms with van der Waals surface area (Å²) in [6, 6.07) is 7.74. The van der Waals surface area contributed by atoms with Gasteiger partial charge in [-0.25, -0.2) is 4.98 Å². The van der Waals surface area contributed by atoms with Gasteiger partial charge in [-0.2, -0.15) is 13.9 Å². The molecule has 3 aromatic heterocycles. The van der Waals surface area contributed by atoms with Gasteiger partial charge in [0, 0.05) is 29.9 Å². The van der Waals surface area contributed by atoms with Gasteiger partial charge < -0.3 is 20.1 Å². The number of benzene rings is 1. The van der Waals surface area contributed by atoms with E-state index in [-0.39, 0.29) is 18.3 Å². The fourth-order valence-corrected chi connectivity index (χ4v) is 4.12. The Balaban J connectivity index is 1.49. The highest BCUT2D eigenvalue weighted by molar-refractivity contribution is 6.10. The minimum Gasteiger partial charge on any atom is -0.433 e. The summed E-state index contributed by atoms with van der Waals surface area (Å²) in [5.41, 5.74) is 8.45. The maximum atomic E-state index is 13.5. The number of anilines is 1. The highest BCUT2D eigenvalue weighted by Gasteiger charge is 2.30. The zero-order valence-corrected chi connectivity index (χ0v) is 17.6. The predicted molar refractivity (Wildman–Crippen MR) is 116 cm³/mol. The summed E-state index contributed by atoms with van der Waals surface area (Å²) in [5, 5.41) is 5.85. The van der Waals surface area contributed by atoms with Gasteiger partial charge in [-0.15, -0.1) is 0 Å². The summed E-state index contributed by atoms with van der Waals surface area (Å²) in [5.74, 6) is 0.120. The molecule has 2 N–H and O–H groups in total. The van der Waals surface area contributed by atoms with E-state index in [1.165, 1.54) is 12.3 Å². The van der Waals surface area contributed by atoms with Gasteiger partial charge in [0.2, 0.25) is 0 Å². The van der Waals surface area contributed by atoms with E-state index in [4.69, 9.17) is 10.5 Å². The van der Waals surface area contributed by atoms with E-state index in [0.717, 1.165) is 10.8 Å². The highest BCUT2D eigenvalue weighted by Crippen LogP contribution is 2.30. The third-order valence-electron chi connectivity index (χ3n) is 5.67. The van der Waals surface area contributed by atoms with Crippen molar-refractivity contribution < 1.29 is 23.0 Å². The molecule has 0 radical (unpaired) electrons. The molecular formula is C22H20F2N6O3. The van der Waals surface area contributed by atoms with Crippen molar-refractivity contribution in [2.24, 2.45) is 7.05 Å². The summed E-state index contributed by atoms with van der Waals surface area (Å²) in [6.45, 7) is -1.95. The monoisotopic (exact) mass is 454 g/mol. The van der Waals surface area contributed by atoms with Crippen LogP contribution >= 0.6 is 0 Å². The van der Waals surface area contributed by atoms with E-state index >= 15 is 0 Å². The number of carbonyl (C=O) groups excluding carboxylic acids is 1. The fourth-order valence-electron chi connectivity index (χ4n) is 4.12. The van der Waals surface area contributed by atoms with Crippen molar-refractivity contribution >= 4 is 33.5 Å². The van der Waals surface area contributed by atoms with Crippen molar-refractivity contribution in [1.82, 2.24) is 24.6 Å².